The average molecular weight is 243 g/mol. The van der Waals surface area contributed by atoms with Crippen molar-refractivity contribution in [3.8, 4) is 0 Å². The summed E-state index contributed by atoms with van der Waals surface area (Å²) in [6, 6.07) is 0.127. The molecule has 1 aliphatic heterocycles. The number of hydrogen-bond acceptors (Lipinski definition) is 3. The lowest BCUT2D eigenvalue weighted by Gasteiger charge is -2.42. The molecule has 1 N–H and O–H groups in total. The lowest BCUT2D eigenvalue weighted by molar-refractivity contribution is -0.0267. The van der Waals surface area contributed by atoms with Crippen LogP contribution in [0.15, 0.2) is 0 Å². The number of amides is 1. The standard InChI is InChI=1S/C13H25NO3/c1-6-10-8-11(15)7-9(2)14(10)12(16)17-13(3,4)5/h9-11,15H,6-8H2,1-5H3/t9-,10+,11+/m1/s1. The third-order valence-electron chi connectivity index (χ3n) is 3.10. The normalized spacial score (nSPS) is 30.2. The van der Waals surface area contributed by atoms with Crippen LogP contribution < -0.4 is 0 Å². The van der Waals surface area contributed by atoms with Crippen LogP contribution in [-0.2, 0) is 4.74 Å². The number of likely N-dealkylation sites (tertiary alicyclic amines) is 1. The Bertz CT molecular complexity index is 272. The molecule has 0 radical (unpaired) electrons. The molecule has 1 fully saturated rings. The predicted octanol–water partition coefficient (Wildman–Crippen LogP) is 2.55. The van der Waals surface area contributed by atoms with Crippen LogP contribution in [0.5, 0.6) is 0 Å². The van der Waals surface area contributed by atoms with E-state index in [0.717, 1.165) is 6.42 Å². The summed E-state index contributed by atoms with van der Waals surface area (Å²) >= 11 is 0. The van der Waals surface area contributed by atoms with Gasteiger partial charge in [0.25, 0.3) is 0 Å². The maximum atomic E-state index is 12.1. The van der Waals surface area contributed by atoms with Gasteiger partial charge in [-0.05, 0) is 47.0 Å². The minimum atomic E-state index is -0.467. The molecule has 1 rings (SSSR count). The van der Waals surface area contributed by atoms with Gasteiger partial charge in [-0.1, -0.05) is 6.92 Å². The predicted molar refractivity (Wildman–Crippen MR) is 66.9 cm³/mol. The summed E-state index contributed by atoms with van der Waals surface area (Å²) < 4.78 is 5.42. The Morgan fingerprint density at radius 1 is 1.41 bits per heavy atom. The molecule has 0 unspecified atom stereocenters. The second-order valence-electron chi connectivity index (χ2n) is 5.92. The highest BCUT2D eigenvalue weighted by Gasteiger charge is 2.36. The molecular formula is C13H25NO3. The van der Waals surface area contributed by atoms with Gasteiger partial charge < -0.3 is 14.7 Å². The van der Waals surface area contributed by atoms with Crippen molar-refractivity contribution in [3.63, 3.8) is 0 Å². The fraction of sp³-hybridized carbons (Fsp3) is 0.923. The van der Waals surface area contributed by atoms with Gasteiger partial charge in [0.05, 0.1) is 6.10 Å². The summed E-state index contributed by atoms with van der Waals surface area (Å²) in [5.74, 6) is 0. The minimum absolute atomic E-state index is 0.0403. The Morgan fingerprint density at radius 3 is 2.47 bits per heavy atom. The number of piperidine rings is 1. The molecule has 3 atom stereocenters. The van der Waals surface area contributed by atoms with E-state index in [1.165, 1.54) is 0 Å². The zero-order valence-corrected chi connectivity index (χ0v) is 11.6. The van der Waals surface area contributed by atoms with Gasteiger partial charge in [0.15, 0.2) is 0 Å². The fourth-order valence-corrected chi connectivity index (χ4v) is 2.40. The van der Waals surface area contributed by atoms with Crippen LogP contribution in [0.25, 0.3) is 0 Å². The summed E-state index contributed by atoms with van der Waals surface area (Å²) in [5.41, 5.74) is -0.467. The molecule has 0 saturated carbocycles. The van der Waals surface area contributed by atoms with Crippen LogP contribution >= 0.6 is 0 Å². The van der Waals surface area contributed by atoms with E-state index in [1.54, 1.807) is 4.90 Å². The molecule has 0 aliphatic carbocycles. The minimum Gasteiger partial charge on any atom is -0.444 e. The van der Waals surface area contributed by atoms with Crippen LogP contribution in [0.1, 0.15) is 53.9 Å². The van der Waals surface area contributed by atoms with Crippen molar-refractivity contribution < 1.29 is 14.6 Å². The second kappa shape index (κ2) is 5.25. The van der Waals surface area contributed by atoms with Crippen LogP contribution in [0.2, 0.25) is 0 Å². The SMILES string of the molecule is CC[C@H]1C[C@@H](O)C[C@@H](C)N1C(=O)OC(C)(C)C. The third-order valence-corrected chi connectivity index (χ3v) is 3.10. The van der Waals surface area contributed by atoms with Gasteiger partial charge >= 0.3 is 6.09 Å². The monoisotopic (exact) mass is 243 g/mol. The average Bonchev–Trinajstić information content (AvgIpc) is 2.12. The Balaban J connectivity index is 2.75. The highest BCUT2D eigenvalue weighted by molar-refractivity contribution is 5.69. The van der Waals surface area contributed by atoms with E-state index in [2.05, 4.69) is 0 Å². The Kier molecular flexibility index (Phi) is 4.42. The molecule has 1 amide bonds. The van der Waals surface area contributed by atoms with Gasteiger partial charge in [-0.2, -0.15) is 0 Å². The zero-order chi connectivity index (χ0) is 13.2. The van der Waals surface area contributed by atoms with Crippen LogP contribution in [0, 0.1) is 0 Å². The molecule has 0 bridgehead atoms. The van der Waals surface area contributed by atoms with Crippen molar-refractivity contribution >= 4 is 6.09 Å². The molecule has 1 heterocycles. The summed E-state index contributed by atoms with van der Waals surface area (Å²) in [4.78, 5) is 13.9. The topological polar surface area (TPSA) is 49.8 Å². The number of nitrogens with zero attached hydrogens (tertiary/aromatic N) is 1. The van der Waals surface area contributed by atoms with Crippen molar-refractivity contribution in [3.05, 3.63) is 0 Å². The summed E-state index contributed by atoms with van der Waals surface area (Å²) in [6.07, 6.45) is 1.58. The lowest BCUT2D eigenvalue weighted by Crippen LogP contribution is -2.53. The summed E-state index contributed by atoms with van der Waals surface area (Å²) in [7, 11) is 0. The van der Waals surface area contributed by atoms with Gasteiger partial charge in [-0.25, -0.2) is 4.79 Å². The molecular weight excluding hydrogens is 218 g/mol. The number of hydrogen-bond donors (Lipinski definition) is 1. The largest absolute Gasteiger partial charge is 0.444 e. The first-order valence-corrected chi connectivity index (χ1v) is 6.44. The Labute approximate surface area is 104 Å². The number of carbonyl (C=O) groups excluding carboxylic acids is 1. The Morgan fingerprint density at radius 2 is 2.00 bits per heavy atom. The molecule has 0 aromatic rings. The second-order valence-corrected chi connectivity index (χ2v) is 5.92. The van der Waals surface area contributed by atoms with Crippen molar-refractivity contribution in [1.82, 2.24) is 4.90 Å². The smallest absolute Gasteiger partial charge is 0.410 e. The molecule has 1 aliphatic rings. The van der Waals surface area contributed by atoms with Crippen LogP contribution in [-0.4, -0.2) is 39.9 Å². The third kappa shape index (κ3) is 3.87. The molecule has 4 nitrogen and oxygen atoms in total. The number of ether oxygens (including phenoxy) is 1. The molecule has 100 valence electrons. The van der Waals surface area contributed by atoms with E-state index in [0.29, 0.717) is 12.8 Å². The van der Waals surface area contributed by atoms with Crippen LogP contribution in [0.4, 0.5) is 4.79 Å². The molecule has 17 heavy (non-hydrogen) atoms. The molecule has 4 heteroatoms. The van der Waals surface area contributed by atoms with Gasteiger partial charge in [0.1, 0.15) is 5.60 Å². The first-order chi connectivity index (χ1) is 7.74. The molecule has 0 aromatic carbocycles. The van der Waals surface area contributed by atoms with Gasteiger partial charge in [0, 0.05) is 12.1 Å². The number of rotatable bonds is 1. The fourth-order valence-electron chi connectivity index (χ4n) is 2.40. The van der Waals surface area contributed by atoms with Crippen LogP contribution in [0.3, 0.4) is 0 Å². The maximum Gasteiger partial charge on any atom is 0.410 e. The van der Waals surface area contributed by atoms with Crippen molar-refractivity contribution in [2.24, 2.45) is 0 Å². The molecule has 1 saturated heterocycles. The first kappa shape index (κ1) is 14.3. The van der Waals surface area contributed by atoms with E-state index in [9.17, 15) is 9.90 Å². The van der Waals surface area contributed by atoms with E-state index in [1.807, 2.05) is 34.6 Å². The van der Waals surface area contributed by atoms with E-state index < -0.39 is 5.60 Å². The van der Waals surface area contributed by atoms with E-state index in [4.69, 9.17) is 4.74 Å². The highest BCUT2D eigenvalue weighted by atomic mass is 16.6. The van der Waals surface area contributed by atoms with Gasteiger partial charge in [-0.3, -0.25) is 0 Å². The molecule has 0 spiro atoms. The summed E-state index contributed by atoms with van der Waals surface area (Å²) in [5, 5.41) is 9.73. The first-order valence-electron chi connectivity index (χ1n) is 6.44. The molecule has 0 aromatic heterocycles. The summed E-state index contributed by atoms with van der Waals surface area (Å²) in [6.45, 7) is 9.61. The maximum absolute atomic E-state index is 12.1. The number of aliphatic hydroxyl groups excluding tert-OH is 1. The zero-order valence-electron chi connectivity index (χ0n) is 11.6. The van der Waals surface area contributed by atoms with Gasteiger partial charge in [0.2, 0.25) is 0 Å². The Hall–Kier alpha value is -0.770. The lowest BCUT2D eigenvalue weighted by atomic mass is 9.93. The van der Waals surface area contributed by atoms with Gasteiger partial charge in [-0.15, -0.1) is 0 Å². The highest BCUT2D eigenvalue weighted by Crippen LogP contribution is 2.27. The van der Waals surface area contributed by atoms with Crippen molar-refractivity contribution in [1.29, 1.82) is 0 Å². The van der Waals surface area contributed by atoms with E-state index >= 15 is 0 Å². The number of carbonyl (C=O) groups is 1. The van der Waals surface area contributed by atoms with Crippen molar-refractivity contribution in [2.75, 3.05) is 0 Å². The van der Waals surface area contributed by atoms with E-state index in [-0.39, 0.29) is 24.3 Å². The number of aliphatic hydroxyl groups is 1. The quantitative estimate of drug-likeness (QED) is 0.770. The van der Waals surface area contributed by atoms with Crippen molar-refractivity contribution in [2.45, 2.75) is 77.7 Å².